The number of ether oxygens (including phenoxy) is 1. The number of hydrogen-bond acceptors (Lipinski definition) is 6. The Labute approximate surface area is 195 Å². The number of aromatic nitrogens is 2. The molecule has 3 atom stereocenters. The van der Waals surface area contributed by atoms with E-state index in [0.717, 1.165) is 41.1 Å². The van der Waals surface area contributed by atoms with Crippen LogP contribution < -0.4 is 15.0 Å². The molecule has 6 nitrogen and oxygen atoms in total. The topological polar surface area (TPSA) is 70.5 Å². The molecule has 2 aliphatic rings. The van der Waals surface area contributed by atoms with Crippen molar-refractivity contribution in [2.45, 2.75) is 57.2 Å². The molecule has 1 unspecified atom stereocenters. The van der Waals surface area contributed by atoms with Gasteiger partial charge < -0.3 is 20.1 Å². The summed E-state index contributed by atoms with van der Waals surface area (Å²) in [5.74, 6) is 1.90. The van der Waals surface area contributed by atoms with Crippen LogP contribution in [0.2, 0.25) is 0 Å². The number of hydrogen-bond donors (Lipinski definition) is 2. The van der Waals surface area contributed by atoms with Gasteiger partial charge in [0.15, 0.2) is 5.82 Å². The van der Waals surface area contributed by atoms with Crippen LogP contribution in [0.1, 0.15) is 37.7 Å². The first-order valence-corrected chi connectivity index (χ1v) is 11.8. The monoisotopic (exact) mass is 444 g/mol. The van der Waals surface area contributed by atoms with E-state index in [2.05, 4.69) is 27.5 Å². The minimum absolute atomic E-state index is 0.189. The predicted octanol–water partition coefficient (Wildman–Crippen LogP) is 4.94. The molecule has 5 rings (SSSR count). The average Bonchev–Trinajstić information content (AvgIpc) is 2.84. The zero-order valence-electron chi connectivity index (χ0n) is 19.6. The van der Waals surface area contributed by atoms with Crippen LogP contribution in [0.4, 0.5) is 5.82 Å². The van der Waals surface area contributed by atoms with Crippen LogP contribution in [0.25, 0.3) is 22.4 Å². The molecule has 1 aromatic heterocycles. The molecule has 3 heterocycles. The number of phenols is 1. The molecule has 172 valence electrons. The van der Waals surface area contributed by atoms with E-state index in [9.17, 15) is 5.11 Å². The molecule has 2 N–H and O–H groups in total. The van der Waals surface area contributed by atoms with E-state index in [4.69, 9.17) is 4.74 Å². The Bertz CT molecular complexity index is 1120. The van der Waals surface area contributed by atoms with Crippen molar-refractivity contribution in [2.75, 3.05) is 19.1 Å². The number of rotatable bonds is 5. The number of nitrogens with one attached hydrogen (secondary N) is 1. The summed E-state index contributed by atoms with van der Waals surface area (Å²) < 4.78 is 5.44. The number of piperidine rings is 2. The Morgan fingerprint density at radius 2 is 1.70 bits per heavy atom. The highest BCUT2D eigenvalue weighted by Crippen LogP contribution is 2.35. The van der Waals surface area contributed by atoms with E-state index in [0.29, 0.717) is 29.4 Å². The molecule has 3 aromatic rings. The molecule has 6 heteroatoms. The summed E-state index contributed by atoms with van der Waals surface area (Å²) in [6.45, 7) is 2.01. The minimum Gasteiger partial charge on any atom is -0.507 e. The van der Waals surface area contributed by atoms with Crippen molar-refractivity contribution in [1.29, 1.82) is 0 Å². The van der Waals surface area contributed by atoms with Gasteiger partial charge in [-0.1, -0.05) is 24.6 Å². The minimum atomic E-state index is 0.189. The van der Waals surface area contributed by atoms with Gasteiger partial charge in [-0.15, -0.1) is 10.2 Å². The fourth-order valence-corrected chi connectivity index (χ4v) is 5.32. The second kappa shape index (κ2) is 9.02. The summed E-state index contributed by atoms with van der Waals surface area (Å²) >= 11 is 0. The van der Waals surface area contributed by atoms with Crippen molar-refractivity contribution in [2.24, 2.45) is 0 Å². The highest BCUT2D eigenvalue weighted by molar-refractivity contribution is 5.75. The third-order valence-corrected chi connectivity index (χ3v) is 7.26. The number of phenolic OH excluding ortho intramolecular Hbond substituents is 1. The van der Waals surface area contributed by atoms with Crippen molar-refractivity contribution < 1.29 is 9.84 Å². The molecule has 2 bridgehead atoms. The molecule has 2 fully saturated rings. The Morgan fingerprint density at radius 1 is 0.970 bits per heavy atom. The van der Waals surface area contributed by atoms with E-state index < -0.39 is 0 Å². The van der Waals surface area contributed by atoms with Gasteiger partial charge in [0.05, 0.1) is 12.8 Å². The van der Waals surface area contributed by atoms with E-state index in [1.54, 1.807) is 13.2 Å². The maximum absolute atomic E-state index is 10.7. The smallest absolute Gasteiger partial charge is 0.151 e. The summed E-state index contributed by atoms with van der Waals surface area (Å²) in [6, 6.07) is 17.4. The Hall–Kier alpha value is -3.12. The van der Waals surface area contributed by atoms with Crippen LogP contribution >= 0.6 is 0 Å². The lowest BCUT2D eigenvalue weighted by atomic mass is 9.83. The number of aromatic hydroxyl groups is 1. The Balaban J connectivity index is 1.34. The van der Waals surface area contributed by atoms with Crippen LogP contribution in [0.5, 0.6) is 11.5 Å². The first kappa shape index (κ1) is 21.7. The van der Waals surface area contributed by atoms with Crippen LogP contribution in [0.3, 0.4) is 0 Å². The summed E-state index contributed by atoms with van der Waals surface area (Å²) in [5.41, 5.74) is 4.34. The third-order valence-electron chi connectivity index (χ3n) is 7.26. The fraction of sp³-hybridized carbons (Fsp3) is 0.407. The van der Waals surface area contributed by atoms with Crippen LogP contribution in [-0.2, 0) is 0 Å². The first-order valence-electron chi connectivity index (χ1n) is 11.8. The fourth-order valence-electron chi connectivity index (χ4n) is 5.32. The highest BCUT2D eigenvalue weighted by atomic mass is 16.5. The number of fused-ring (bicyclic) bond motifs is 2. The molecule has 0 spiro atoms. The second-order valence-electron chi connectivity index (χ2n) is 9.42. The lowest BCUT2D eigenvalue weighted by Gasteiger charge is -2.43. The molecule has 2 aliphatic heterocycles. The molecular weight excluding hydrogens is 412 g/mol. The van der Waals surface area contributed by atoms with E-state index in [1.807, 2.05) is 49.4 Å². The normalized spacial score (nSPS) is 22.1. The van der Waals surface area contributed by atoms with Gasteiger partial charge in [-0.3, -0.25) is 0 Å². The molecule has 0 radical (unpaired) electrons. The van der Waals surface area contributed by atoms with Crippen LogP contribution in [0, 0.1) is 6.92 Å². The number of nitrogens with zero attached hydrogens (tertiary/aromatic N) is 3. The Morgan fingerprint density at radius 3 is 2.36 bits per heavy atom. The SMILES string of the molecule is COc1cc(-c2ccc(-c3ccc(N(C)C4C[C@H]5CCC[C@@H](C4)N5)nn3)c(O)c2)ccc1C. The van der Waals surface area contributed by atoms with Gasteiger partial charge in [0.1, 0.15) is 11.5 Å². The summed E-state index contributed by atoms with van der Waals surface area (Å²) in [4.78, 5) is 2.27. The van der Waals surface area contributed by atoms with Gasteiger partial charge in [0.25, 0.3) is 0 Å². The average molecular weight is 445 g/mol. The number of benzene rings is 2. The summed E-state index contributed by atoms with van der Waals surface area (Å²) in [5, 5.41) is 23.5. The standard InChI is InChI=1S/C27H32N4O2/c1-17-7-8-19(14-26(17)33-3)18-9-10-23(25(32)13-18)24-11-12-27(30-29-24)31(2)22-15-20-5-4-6-21(16-22)28-20/h7-14,20-22,28,32H,4-6,15-16H2,1-3H3/t20-,21+,22?. The number of methoxy groups -OCH3 is 1. The molecular formula is C27H32N4O2. The maximum Gasteiger partial charge on any atom is 0.151 e. The van der Waals surface area contributed by atoms with Crippen molar-refractivity contribution in [3.8, 4) is 33.9 Å². The van der Waals surface area contributed by atoms with Gasteiger partial charge in [0.2, 0.25) is 0 Å². The second-order valence-corrected chi connectivity index (χ2v) is 9.42. The van der Waals surface area contributed by atoms with Crippen molar-refractivity contribution in [3.05, 3.63) is 54.1 Å². The number of aryl methyl sites for hydroxylation is 1. The third kappa shape index (κ3) is 4.40. The maximum atomic E-state index is 10.7. The van der Waals surface area contributed by atoms with Crippen LogP contribution in [0.15, 0.2) is 48.5 Å². The van der Waals surface area contributed by atoms with Gasteiger partial charge in [-0.2, -0.15) is 0 Å². The van der Waals surface area contributed by atoms with Crippen molar-refractivity contribution in [1.82, 2.24) is 15.5 Å². The lowest BCUT2D eigenvalue weighted by Crippen LogP contribution is -2.54. The predicted molar refractivity (Wildman–Crippen MR) is 132 cm³/mol. The first-order chi connectivity index (χ1) is 16.0. The zero-order valence-corrected chi connectivity index (χ0v) is 19.6. The van der Waals surface area contributed by atoms with E-state index >= 15 is 0 Å². The Kier molecular flexibility index (Phi) is 5.94. The molecule has 2 aromatic carbocycles. The molecule has 0 saturated carbocycles. The molecule has 2 saturated heterocycles. The quantitative estimate of drug-likeness (QED) is 0.581. The summed E-state index contributed by atoms with van der Waals surface area (Å²) in [6.07, 6.45) is 6.20. The van der Waals surface area contributed by atoms with Gasteiger partial charge in [-0.05, 0) is 79.6 Å². The van der Waals surface area contributed by atoms with Crippen LogP contribution in [-0.4, -0.2) is 47.6 Å². The van der Waals surface area contributed by atoms with E-state index in [-0.39, 0.29) is 5.75 Å². The van der Waals surface area contributed by atoms with Gasteiger partial charge in [-0.25, -0.2) is 0 Å². The van der Waals surface area contributed by atoms with Crippen molar-refractivity contribution >= 4 is 5.82 Å². The largest absolute Gasteiger partial charge is 0.507 e. The zero-order chi connectivity index (χ0) is 22.9. The van der Waals surface area contributed by atoms with Gasteiger partial charge >= 0.3 is 0 Å². The van der Waals surface area contributed by atoms with Gasteiger partial charge in [0, 0.05) is 30.7 Å². The number of anilines is 1. The van der Waals surface area contributed by atoms with E-state index in [1.165, 1.54) is 19.3 Å². The lowest BCUT2D eigenvalue weighted by molar-refractivity contribution is 0.219. The molecule has 0 amide bonds. The summed E-state index contributed by atoms with van der Waals surface area (Å²) in [7, 11) is 3.79. The molecule has 33 heavy (non-hydrogen) atoms. The molecule has 0 aliphatic carbocycles. The van der Waals surface area contributed by atoms with Crippen molar-refractivity contribution in [3.63, 3.8) is 0 Å². The highest BCUT2D eigenvalue weighted by Gasteiger charge is 2.33.